The first-order valence-electron chi connectivity index (χ1n) is 25.0. The molecule has 1 saturated heterocycles. The van der Waals surface area contributed by atoms with Gasteiger partial charge < -0.3 is 24.8 Å². The molecule has 1 aliphatic heterocycles. The van der Waals surface area contributed by atoms with E-state index in [0.29, 0.717) is 123 Å². The summed E-state index contributed by atoms with van der Waals surface area (Å²) in [6.45, 7) is 18.4. The van der Waals surface area contributed by atoms with Crippen LogP contribution in [0.3, 0.4) is 0 Å². The van der Waals surface area contributed by atoms with Crippen LogP contribution in [-0.4, -0.2) is 162 Å². The Balaban J connectivity index is 1.06. The van der Waals surface area contributed by atoms with E-state index in [9.17, 15) is 28.4 Å². The number of unbranched alkanes of at least 4 members (excludes halogenated alkanes) is 1. The molecular formula is C55H72ClFN8O8. The maximum atomic E-state index is 14.0. The van der Waals surface area contributed by atoms with Crippen LogP contribution in [0.4, 0.5) is 4.39 Å². The molecule has 2 N–H and O–H groups in total. The molecule has 0 saturated carbocycles. The number of amides is 2. The van der Waals surface area contributed by atoms with Crippen LogP contribution in [0.2, 0.25) is 5.02 Å². The third-order valence-electron chi connectivity index (χ3n) is 12.4. The number of pyridine rings is 1. The van der Waals surface area contributed by atoms with Crippen LogP contribution in [0.1, 0.15) is 81.7 Å². The van der Waals surface area contributed by atoms with Crippen molar-refractivity contribution in [3.63, 3.8) is 0 Å². The van der Waals surface area contributed by atoms with Crippen LogP contribution in [0, 0.1) is 12.7 Å². The lowest BCUT2D eigenvalue weighted by Crippen LogP contribution is -2.49. The maximum absolute atomic E-state index is 14.0. The molecule has 0 aliphatic carbocycles. The lowest BCUT2D eigenvalue weighted by molar-refractivity contribution is -0.157. The molecule has 394 valence electrons. The zero-order valence-corrected chi connectivity index (χ0v) is 44.4. The first-order valence-corrected chi connectivity index (χ1v) is 25.4. The van der Waals surface area contributed by atoms with Crippen molar-refractivity contribution in [1.82, 2.24) is 39.8 Å². The number of aromatic nitrogens is 2. The van der Waals surface area contributed by atoms with Crippen LogP contribution in [0.25, 0.3) is 21.8 Å². The van der Waals surface area contributed by atoms with Gasteiger partial charge in [0.05, 0.1) is 49.9 Å². The molecule has 73 heavy (non-hydrogen) atoms. The Kier molecular flexibility index (Phi) is 19.9. The third kappa shape index (κ3) is 17.6. The minimum Gasteiger partial charge on any atom is -0.497 e. The van der Waals surface area contributed by atoms with Gasteiger partial charge in [-0.25, -0.2) is 4.39 Å². The average molecular weight is 1030 g/mol. The first kappa shape index (κ1) is 56.3. The molecule has 3 aromatic carbocycles. The predicted octanol–water partition coefficient (Wildman–Crippen LogP) is 6.65. The van der Waals surface area contributed by atoms with Gasteiger partial charge in [-0.15, -0.1) is 0 Å². The monoisotopic (exact) mass is 1030 g/mol. The van der Waals surface area contributed by atoms with Gasteiger partial charge in [-0.1, -0.05) is 17.7 Å². The molecule has 0 atom stereocenters. The standard InChI is InChI=1S/C55H72ClFN8O8/c1-38-45(46-32-44(71-8)18-20-48(46)65(38)53(70)39-11-14-41(56)15-12-39)33-49(66)58-21-9-10-22-59-50(67)35-62-25-29-63(36-51(68)72-54(2,3)4)27-23-61(24-28-64(30-26-62)37-52(69)73-55(5,6)7)34-43-17-13-40-31-42(57)16-19-47(40)60-43/h11-20,31-32H,9-10,21-30,33-37H2,1-8H3,(H,58,66)(H,59,67). The van der Waals surface area contributed by atoms with Crippen LogP contribution >= 0.6 is 11.6 Å². The fraction of sp³-hybridized carbons (Fsp3) is 0.491. The van der Waals surface area contributed by atoms with E-state index in [2.05, 4.69) is 15.5 Å². The van der Waals surface area contributed by atoms with Crippen molar-refractivity contribution >= 4 is 63.1 Å². The number of carbonyl (C=O) groups excluding carboxylic acids is 5. The fourth-order valence-electron chi connectivity index (χ4n) is 8.76. The topological polar surface area (TPSA) is 168 Å². The molecule has 5 aromatic rings. The molecular weight excluding hydrogens is 955 g/mol. The smallest absolute Gasteiger partial charge is 0.320 e. The summed E-state index contributed by atoms with van der Waals surface area (Å²) < 4.78 is 32.5. The Bertz CT molecular complexity index is 2670. The number of hydrogen-bond donors (Lipinski definition) is 2. The van der Waals surface area contributed by atoms with Crippen LogP contribution < -0.4 is 15.4 Å². The second-order valence-electron chi connectivity index (χ2n) is 20.6. The van der Waals surface area contributed by atoms with Gasteiger partial charge in [0.1, 0.15) is 22.8 Å². The Hall–Kier alpha value is -5.98. The fourth-order valence-corrected chi connectivity index (χ4v) is 8.89. The summed E-state index contributed by atoms with van der Waals surface area (Å²) in [5.74, 6) is -1.00. The first-order chi connectivity index (χ1) is 34.6. The van der Waals surface area contributed by atoms with Crippen LogP contribution in [0.15, 0.2) is 72.8 Å². The van der Waals surface area contributed by atoms with E-state index in [1.54, 1.807) is 48.1 Å². The van der Waals surface area contributed by atoms with Gasteiger partial charge in [0.15, 0.2) is 0 Å². The minimum atomic E-state index is -0.660. The van der Waals surface area contributed by atoms with E-state index in [1.807, 2.05) is 87.4 Å². The lowest BCUT2D eigenvalue weighted by atomic mass is 10.1. The van der Waals surface area contributed by atoms with Crippen molar-refractivity contribution in [2.75, 3.05) is 92.2 Å². The molecule has 3 heterocycles. The molecule has 0 radical (unpaired) electrons. The molecule has 2 amide bonds. The number of nitrogens with one attached hydrogen (secondary N) is 2. The zero-order valence-electron chi connectivity index (χ0n) is 43.7. The van der Waals surface area contributed by atoms with Crippen molar-refractivity contribution < 1.29 is 42.6 Å². The number of esters is 2. The summed E-state index contributed by atoms with van der Waals surface area (Å²) >= 11 is 6.09. The van der Waals surface area contributed by atoms with Gasteiger partial charge >= 0.3 is 11.9 Å². The Morgan fingerprint density at radius 2 is 1.22 bits per heavy atom. The van der Waals surface area contributed by atoms with Gasteiger partial charge in [-0.05, 0) is 134 Å². The minimum absolute atomic E-state index is 0.0541. The quantitative estimate of drug-likeness (QED) is 0.0752. The highest BCUT2D eigenvalue weighted by atomic mass is 35.5. The largest absolute Gasteiger partial charge is 0.497 e. The van der Waals surface area contributed by atoms with Gasteiger partial charge in [-0.2, -0.15) is 0 Å². The number of halogens is 2. The molecule has 0 bridgehead atoms. The van der Waals surface area contributed by atoms with E-state index in [1.165, 1.54) is 12.1 Å². The molecule has 16 nitrogen and oxygen atoms in total. The summed E-state index contributed by atoms with van der Waals surface area (Å²) in [7, 11) is 1.57. The summed E-state index contributed by atoms with van der Waals surface area (Å²) in [6, 6.07) is 20.4. The van der Waals surface area contributed by atoms with Crippen molar-refractivity contribution in [2.24, 2.45) is 0 Å². The predicted molar refractivity (Wildman–Crippen MR) is 281 cm³/mol. The Morgan fingerprint density at radius 1 is 0.671 bits per heavy atom. The highest BCUT2D eigenvalue weighted by molar-refractivity contribution is 6.30. The highest BCUT2D eigenvalue weighted by Crippen LogP contribution is 2.31. The van der Waals surface area contributed by atoms with E-state index in [0.717, 1.165) is 16.6 Å². The number of fused-ring (bicyclic) bond motifs is 2. The Labute approximate surface area is 433 Å². The van der Waals surface area contributed by atoms with Gasteiger partial charge in [0, 0.05) is 99.0 Å². The number of methoxy groups -OCH3 is 1. The molecule has 6 rings (SSSR count). The zero-order chi connectivity index (χ0) is 52.9. The summed E-state index contributed by atoms with van der Waals surface area (Å²) in [4.78, 5) is 80.3. The lowest BCUT2D eigenvalue weighted by Gasteiger charge is -2.34. The van der Waals surface area contributed by atoms with Crippen molar-refractivity contribution in [1.29, 1.82) is 0 Å². The molecule has 1 fully saturated rings. The molecule has 1 aliphatic rings. The normalized spacial score (nSPS) is 15.1. The van der Waals surface area contributed by atoms with E-state index in [-0.39, 0.29) is 61.5 Å². The molecule has 2 aromatic heterocycles. The summed E-state index contributed by atoms with van der Waals surface area (Å²) in [5.41, 5.74) is 2.69. The van der Waals surface area contributed by atoms with Crippen LogP contribution in [0.5, 0.6) is 5.75 Å². The third-order valence-corrected chi connectivity index (χ3v) is 12.6. The highest BCUT2D eigenvalue weighted by Gasteiger charge is 2.26. The number of hydrogen-bond acceptors (Lipinski definition) is 13. The van der Waals surface area contributed by atoms with Gasteiger partial charge in [0.25, 0.3) is 5.91 Å². The van der Waals surface area contributed by atoms with Gasteiger partial charge in [-0.3, -0.25) is 53.1 Å². The summed E-state index contributed by atoms with van der Waals surface area (Å²) in [6.07, 6.45) is 1.29. The van der Waals surface area contributed by atoms with Crippen LogP contribution in [-0.2, 0) is 41.6 Å². The Morgan fingerprint density at radius 3 is 1.78 bits per heavy atom. The summed E-state index contributed by atoms with van der Waals surface area (Å²) in [5, 5.41) is 8.03. The number of ether oxygens (including phenoxy) is 3. The molecule has 18 heteroatoms. The van der Waals surface area contributed by atoms with E-state index >= 15 is 0 Å². The number of rotatable bonds is 17. The maximum Gasteiger partial charge on any atom is 0.320 e. The number of carbonyl (C=O) groups is 5. The second-order valence-corrected chi connectivity index (χ2v) is 21.0. The SMILES string of the molecule is COc1ccc2c(c1)c(CC(=O)NCCCCNC(=O)CN1CCN(CC(=O)OC(C)(C)C)CCN(Cc3ccc4cc(F)ccc4n3)CCN(CC(=O)OC(C)(C)C)CC1)c(C)n2C(=O)c1ccc(Cl)cc1. The van der Waals surface area contributed by atoms with E-state index < -0.39 is 11.2 Å². The molecule has 0 unspecified atom stereocenters. The van der Waals surface area contributed by atoms with Crippen molar-refractivity contribution in [3.8, 4) is 5.75 Å². The van der Waals surface area contributed by atoms with Gasteiger partial charge in [0.2, 0.25) is 11.8 Å². The molecule has 0 spiro atoms. The number of nitrogens with zero attached hydrogens (tertiary/aromatic N) is 6. The average Bonchev–Trinajstić information content (AvgIpc) is 3.58. The van der Waals surface area contributed by atoms with Crippen molar-refractivity contribution in [2.45, 2.75) is 85.5 Å². The van der Waals surface area contributed by atoms with Crippen molar-refractivity contribution in [3.05, 3.63) is 106 Å². The second kappa shape index (κ2) is 25.8. The number of benzene rings is 3. The van der Waals surface area contributed by atoms with E-state index in [4.69, 9.17) is 30.8 Å².